The second kappa shape index (κ2) is 12.7. The molecule has 1 aliphatic rings. The number of amides is 2. The summed E-state index contributed by atoms with van der Waals surface area (Å²) in [5.74, 6) is -0.405. The molecule has 5 rings (SSSR count). The molecular weight excluding hydrogens is 490 g/mol. The highest BCUT2D eigenvalue weighted by Crippen LogP contribution is 2.24. The molecule has 1 N–H and O–H groups in total. The molecule has 0 saturated carbocycles. The zero-order chi connectivity index (χ0) is 27.0. The van der Waals surface area contributed by atoms with Crippen LogP contribution in [0.25, 0.3) is 11.0 Å². The third-order valence-corrected chi connectivity index (χ3v) is 7.30. The Hall–Kier alpha value is -4.04. The van der Waals surface area contributed by atoms with Crippen LogP contribution in [-0.4, -0.2) is 57.5 Å². The maximum Gasteiger partial charge on any atom is 0.247 e. The Morgan fingerprint density at radius 3 is 2.54 bits per heavy atom. The number of carbonyl (C=O) groups is 2. The number of hydrogen-bond acceptors (Lipinski definition) is 5. The van der Waals surface area contributed by atoms with E-state index in [-0.39, 0.29) is 24.5 Å². The van der Waals surface area contributed by atoms with Crippen LogP contribution in [-0.2, 0) is 33.7 Å². The van der Waals surface area contributed by atoms with Gasteiger partial charge >= 0.3 is 0 Å². The number of carbonyl (C=O) groups excluding carboxylic acids is 2. The minimum Gasteiger partial charge on any atom is -0.376 e. The molecule has 2 heterocycles. The molecule has 2 atom stereocenters. The van der Waals surface area contributed by atoms with Gasteiger partial charge in [0.2, 0.25) is 11.8 Å². The predicted octanol–water partition coefficient (Wildman–Crippen LogP) is 4.10. The van der Waals surface area contributed by atoms with E-state index in [0.717, 1.165) is 48.0 Å². The first-order valence-corrected chi connectivity index (χ1v) is 13.7. The molecule has 2 amide bonds. The monoisotopic (exact) mass is 525 g/mol. The van der Waals surface area contributed by atoms with Crippen molar-refractivity contribution in [2.45, 2.75) is 51.3 Å². The lowest BCUT2D eigenvalue weighted by atomic mass is 10.0. The summed E-state index contributed by atoms with van der Waals surface area (Å²) in [6, 6.07) is 24.8. The summed E-state index contributed by atoms with van der Waals surface area (Å²) in [6.45, 7) is 3.60. The van der Waals surface area contributed by atoms with Gasteiger partial charge in [-0.3, -0.25) is 9.59 Å². The zero-order valence-electron chi connectivity index (χ0n) is 22.3. The minimum absolute atomic E-state index is 0.00653. The van der Waals surface area contributed by atoms with Crippen LogP contribution < -0.4 is 5.32 Å². The summed E-state index contributed by atoms with van der Waals surface area (Å²) >= 11 is 0. The summed E-state index contributed by atoms with van der Waals surface area (Å²) in [6.07, 6.45) is 3.44. The van der Waals surface area contributed by atoms with Crippen molar-refractivity contribution in [1.82, 2.24) is 25.2 Å². The second-order valence-electron chi connectivity index (χ2n) is 9.94. The van der Waals surface area contributed by atoms with E-state index < -0.39 is 6.04 Å². The van der Waals surface area contributed by atoms with Crippen molar-refractivity contribution >= 4 is 22.8 Å². The summed E-state index contributed by atoms with van der Waals surface area (Å²) in [4.78, 5) is 29.5. The maximum absolute atomic E-state index is 14.0. The average Bonchev–Trinajstić information content (AvgIpc) is 3.65. The SMILES string of the molecule is CCc1ccc([C@H](C(=O)NC[C@@H]2CCCO2)N(CCc2ccccc2)C(=O)Cn2nnc3ccccc32)cc1. The van der Waals surface area contributed by atoms with Crippen molar-refractivity contribution < 1.29 is 14.3 Å². The number of rotatable bonds is 11. The van der Waals surface area contributed by atoms with E-state index in [4.69, 9.17) is 4.74 Å². The van der Waals surface area contributed by atoms with Gasteiger partial charge in [0.25, 0.3) is 0 Å². The summed E-state index contributed by atoms with van der Waals surface area (Å²) in [5, 5.41) is 11.5. The number of fused-ring (bicyclic) bond motifs is 1. The lowest BCUT2D eigenvalue weighted by Crippen LogP contribution is -2.47. The zero-order valence-corrected chi connectivity index (χ0v) is 22.3. The van der Waals surface area contributed by atoms with E-state index in [1.165, 1.54) is 5.56 Å². The topological polar surface area (TPSA) is 89.4 Å². The Morgan fingerprint density at radius 1 is 1.03 bits per heavy atom. The Bertz CT molecular complexity index is 1380. The molecule has 8 heteroatoms. The molecule has 0 bridgehead atoms. The first-order chi connectivity index (χ1) is 19.1. The molecule has 39 heavy (non-hydrogen) atoms. The van der Waals surface area contributed by atoms with Gasteiger partial charge in [-0.2, -0.15) is 0 Å². The van der Waals surface area contributed by atoms with Crippen molar-refractivity contribution in [3.05, 3.63) is 95.6 Å². The lowest BCUT2D eigenvalue weighted by molar-refractivity contribution is -0.141. The van der Waals surface area contributed by atoms with E-state index in [2.05, 4.69) is 22.6 Å². The Labute approximate surface area is 229 Å². The first kappa shape index (κ1) is 26.6. The van der Waals surface area contributed by atoms with Crippen molar-refractivity contribution in [2.75, 3.05) is 19.7 Å². The van der Waals surface area contributed by atoms with E-state index in [1.54, 1.807) is 9.58 Å². The molecule has 0 unspecified atom stereocenters. The fraction of sp³-hybridized carbons (Fsp3) is 0.355. The molecule has 4 aromatic rings. The van der Waals surface area contributed by atoms with Crippen LogP contribution in [0.5, 0.6) is 0 Å². The average molecular weight is 526 g/mol. The van der Waals surface area contributed by atoms with Crippen molar-refractivity contribution in [3.8, 4) is 0 Å². The van der Waals surface area contributed by atoms with Crippen LogP contribution >= 0.6 is 0 Å². The summed E-state index contributed by atoms with van der Waals surface area (Å²) in [5.41, 5.74) is 4.56. The summed E-state index contributed by atoms with van der Waals surface area (Å²) in [7, 11) is 0. The van der Waals surface area contributed by atoms with Gasteiger partial charge in [0.1, 0.15) is 18.1 Å². The number of ether oxygens (including phenoxy) is 1. The van der Waals surface area contributed by atoms with Crippen LogP contribution in [0.3, 0.4) is 0 Å². The number of hydrogen-bond donors (Lipinski definition) is 1. The number of aromatic nitrogens is 3. The summed E-state index contributed by atoms with van der Waals surface area (Å²) < 4.78 is 7.34. The fourth-order valence-electron chi connectivity index (χ4n) is 5.07. The van der Waals surface area contributed by atoms with Gasteiger partial charge in [0.15, 0.2) is 0 Å². The van der Waals surface area contributed by atoms with Gasteiger partial charge in [-0.15, -0.1) is 5.10 Å². The number of benzene rings is 3. The van der Waals surface area contributed by atoms with E-state index in [1.807, 2.05) is 78.9 Å². The van der Waals surface area contributed by atoms with E-state index in [9.17, 15) is 9.59 Å². The molecule has 202 valence electrons. The Balaban J connectivity index is 1.46. The third-order valence-electron chi connectivity index (χ3n) is 7.30. The Kier molecular flexibility index (Phi) is 8.63. The first-order valence-electron chi connectivity index (χ1n) is 13.7. The van der Waals surface area contributed by atoms with E-state index >= 15 is 0 Å². The van der Waals surface area contributed by atoms with Crippen LogP contribution in [0.1, 0.15) is 42.5 Å². The number of aryl methyl sites for hydroxylation is 1. The molecule has 8 nitrogen and oxygen atoms in total. The highest BCUT2D eigenvalue weighted by molar-refractivity contribution is 5.89. The molecule has 0 spiro atoms. The normalized spacial score (nSPS) is 15.8. The number of para-hydroxylation sites is 1. The lowest BCUT2D eigenvalue weighted by Gasteiger charge is -2.32. The maximum atomic E-state index is 14.0. The highest BCUT2D eigenvalue weighted by Gasteiger charge is 2.32. The quantitative estimate of drug-likeness (QED) is 0.319. The highest BCUT2D eigenvalue weighted by atomic mass is 16.5. The molecule has 1 fully saturated rings. The van der Waals surface area contributed by atoms with Crippen LogP contribution in [0, 0.1) is 0 Å². The van der Waals surface area contributed by atoms with Gasteiger partial charge < -0.3 is 15.0 Å². The molecule has 1 aliphatic heterocycles. The largest absolute Gasteiger partial charge is 0.376 e. The smallest absolute Gasteiger partial charge is 0.247 e. The van der Waals surface area contributed by atoms with Crippen LogP contribution in [0.4, 0.5) is 0 Å². The van der Waals surface area contributed by atoms with E-state index in [0.29, 0.717) is 19.5 Å². The molecule has 0 aliphatic carbocycles. The Morgan fingerprint density at radius 2 is 1.79 bits per heavy atom. The van der Waals surface area contributed by atoms with Gasteiger partial charge in [-0.25, -0.2) is 4.68 Å². The molecule has 1 aromatic heterocycles. The van der Waals surface area contributed by atoms with Crippen LogP contribution in [0.15, 0.2) is 78.9 Å². The molecule has 0 radical (unpaired) electrons. The van der Waals surface area contributed by atoms with Crippen molar-refractivity contribution in [1.29, 1.82) is 0 Å². The predicted molar refractivity (Wildman–Crippen MR) is 150 cm³/mol. The second-order valence-corrected chi connectivity index (χ2v) is 9.94. The van der Waals surface area contributed by atoms with Crippen molar-refractivity contribution in [3.63, 3.8) is 0 Å². The molecule has 1 saturated heterocycles. The molecule has 3 aromatic carbocycles. The molecular formula is C31H35N5O3. The van der Waals surface area contributed by atoms with Gasteiger partial charge in [0.05, 0.1) is 11.6 Å². The number of nitrogens with one attached hydrogen (secondary N) is 1. The van der Waals surface area contributed by atoms with Crippen molar-refractivity contribution in [2.24, 2.45) is 0 Å². The third kappa shape index (κ3) is 6.52. The van der Waals surface area contributed by atoms with Gasteiger partial charge in [0, 0.05) is 19.7 Å². The standard InChI is InChI=1S/C31H35N5O3/c1-2-23-14-16-25(17-15-23)30(31(38)32-21-26-11-8-20-39-26)35(19-18-24-9-4-3-5-10-24)29(37)22-36-28-13-7-6-12-27(28)33-34-36/h3-7,9-10,12-17,26,30H,2,8,11,18-22H2,1H3,(H,32,38)/t26-,30+/m0/s1. The fourth-order valence-corrected chi connectivity index (χ4v) is 5.07. The van der Waals surface area contributed by atoms with Crippen LogP contribution in [0.2, 0.25) is 0 Å². The minimum atomic E-state index is -0.789. The van der Waals surface area contributed by atoms with Gasteiger partial charge in [-0.1, -0.05) is 78.9 Å². The number of nitrogens with zero attached hydrogens (tertiary/aromatic N) is 4. The van der Waals surface area contributed by atoms with Gasteiger partial charge in [-0.05, 0) is 54.5 Å².